The van der Waals surface area contributed by atoms with Crippen molar-refractivity contribution in [2.24, 2.45) is 0 Å². The molecule has 1 rings (SSSR count). The lowest BCUT2D eigenvalue weighted by atomic mass is 10.2. The number of thioether (sulfide) groups is 1. The first-order valence-corrected chi connectivity index (χ1v) is 4.82. The monoisotopic (exact) mass is 145 g/mol. The van der Waals surface area contributed by atoms with Crippen LogP contribution in [0.2, 0.25) is 0 Å². The van der Waals surface area contributed by atoms with Gasteiger partial charge in [-0.15, -0.1) is 0 Å². The van der Waals surface area contributed by atoms with Gasteiger partial charge in [-0.3, -0.25) is 0 Å². The van der Waals surface area contributed by atoms with Crippen molar-refractivity contribution in [1.29, 1.82) is 0 Å². The van der Waals surface area contributed by atoms with E-state index in [0.717, 1.165) is 12.1 Å². The maximum Gasteiger partial charge on any atom is 0.0251 e. The fourth-order valence-electron chi connectivity index (χ4n) is 0.852. The van der Waals surface area contributed by atoms with Gasteiger partial charge < -0.3 is 5.32 Å². The molecule has 1 N–H and O–H groups in total. The summed E-state index contributed by atoms with van der Waals surface area (Å²) >= 11 is 2.04. The molecule has 0 aromatic heterocycles. The van der Waals surface area contributed by atoms with Gasteiger partial charge in [-0.25, -0.2) is 0 Å². The zero-order valence-electron chi connectivity index (χ0n) is 6.18. The predicted molar refractivity (Wildman–Crippen MR) is 44.0 cm³/mol. The van der Waals surface area contributed by atoms with Crippen molar-refractivity contribution >= 4 is 11.8 Å². The van der Waals surface area contributed by atoms with E-state index in [1.165, 1.54) is 17.9 Å². The Morgan fingerprint density at radius 1 is 1.67 bits per heavy atom. The lowest BCUT2D eigenvalue weighted by Gasteiger charge is -2.28. The molecule has 0 bridgehead atoms. The van der Waals surface area contributed by atoms with E-state index in [1.54, 1.807) is 0 Å². The van der Waals surface area contributed by atoms with Gasteiger partial charge in [0.1, 0.15) is 0 Å². The second-order valence-corrected chi connectivity index (χ2v) is 3.79. The van der Waals surface area contributed by atoms with E-state index >= 15 is 0 Å². The van der Waals surface area contributed by atoms with Crippen LogP contribution in [0.15, 0.2) is 0 Å². The molecule has 0 amide bonds. The molecule has 1 fully saturated rings. The highest BCUT2D eigenvalue weighted by Crippen LogP contribution is 2.17. The molecule has 0 aromatic carbocycles. The summed E-state index contributed by atoms with van der Waals surface area (Å²) in [5.41, 5.74) is 0. The number of hydrogen-bond donors (Lipinski definition) is 1. The van der Waals surface area contributed by atoms with Crippen LogP contribution >= 0.6 is 11.8 Å². The molecule has 1 atom stereocenters. The topological polar surface area (TPSA) is 12.0 Å². The maximum atomic E-state index is 3.55. The number of nitrogens with one attached hydrogen (secondary N) is 1. The Bertz CT molecular complexity index is 78.2. The van der Waals surface area contributed by atoms with Gasteiger partial charge in [-0.05, 0) is 13.3 Å². The summed E-state index contributed by atoms with van der Waals surface area (Å²) in [4.78, 5) is 0. The van der Waals surface area contributed by atoms with Crippen molar-refractivity contribution < 1.29 is 0 Å². The first kappa shape index (κ1) is 7.42. The first-order chi connectivity index (χ1) is 4.33. The molecule has 0 saturated carbocycles. The summed E-state index contributed by atoms with van der Waals surface area (Å²) in [7, 11) is 0. The predicted octanol–water partition coefficient (Wildman–Crippen LogP) is 1.49. The molecule has 0 aliphatic carbocycles. The van der Waals surface area contributed by atoms with E-state index < -0.39 is 0 Å². The van der Waals surface area contributed by atoms with E-state index in [4.69, 9.17) is 0 Å². The standard InChI is InChI=1S/C7H15NS/c1-3-6(2)8-7-4-9-5-7/h6-8H,3-5H2,1-2H3. The average molecular weight is 145 g/mol. The molecule has 1 nitrogen and oxygen atoms in total. The molecule has 54 valence electrons. The Balaban J connectivity index is 2.01. The lowest BCUT2D eigenvalue weighted by Crippen LogP contribution is -2.44. The molecular weight excluding hydrogens is 130 g/mol. The molecule has 1 unspecified atom stereocenters. The van der Waals surface area contributed by atoms with Crippen LogP contribution in [0, 0.1) is 0 Å². The van der Waals surface area contributed by atoms with Gasteiger partial charge in [0.15, 0.2) is 0 Å². The van der Waals surface area contributed by atoms with Crippen LogP contribution < -0.4 is 5.32 Å². The van der Waals surface area contributed by atoms with E-state index in [1.807, 2.05) is 11.8 Å². The molecule has 1 saturated heterocycles. The summed E-state index contributed by atoms with van der Waals surface area (Å²) in [5, 5.41) is 3.55. The summed E-state index contributed by atoms with van der Waals surface area (Å²) < 4.78 is 0. The van der Waals surface area contributed by atoms with Gasteiger partial charge in [0.25, 0.3) is 0 Å². The van der Waals surface area contributed by atoms with Gasteiger partial charge in [-0.1, -0.05) is 6.92 Å². The lowest BCUT2D eigenvalue weighted by molar-refractivity contribution is 0.477. The summed E-state index contributed by atoms with van der Waals surface area (Å²) in [6.45, 7) is 4.48. The third-order valence-electron chi connectivity index (χ3n) is 1.77. The highest BCUT2D eigenvalue weighted by Gasteiger charge is 2.18. The fourth-order valence-corrected chi connectivity index (χ4v) is 1.52. The van der Waals surface area contributed by atoms with Crippen molar-refractivity contribution in [1.82, 2.24) is 5.32 Å². The molecule has 2 heteroatoms. The summed E-state index contributed by atoms with van der Waals surface area (Å²) in [5.74, 6) is 2.65. The fraction of sp³-hybridized carbons (Fsp3) is 1.00. The van der Waals surface area contributed by atoms with Crippen LogP contribution in [0.3, 0.4) is 0 Å². The van der Waals surface area contributed by atoms with Crippen molar-refractivity contribution in [3.8, 4) is 0 Å². The van der Waals surface area contributed by atoms with E-state index in [-0.39, 0.29) is 0 Å². The smallest absolute Gasteiger partial charge is 0.0251 e. The minimum absolute atomic E-state index is 0.718. The van der Waals surface area contributed by atoms with E-state index in [9.17, 15) is 0 Å². The largest absolute Gasteiger partial charge is 0.310 e. The van der Waals surface area contributed by atoms with Crippen LogP contribution in [0.1, 0.15) is 20.3 Å². The molecule has 9 heavy (non-hydrogen) atoms. The second-order valence-electron chi connectivity index (χ2n) is 2.71. The minimum atomic E-state index is 0.718. The molecule has 1 aliphatic heterocycles. The molecule has 0 radical (unpaired) electrons. The first-order valence-electron chi connectivity index (χ1n) is 3.66. The third-order valence-corrected chi connectivity index (χ3v) is 3.05. The molecule has 0 spiro atoms. The normalized spacial score (nSPS) is 23.3. The zero-order chi connectivity index (χ0) is 6.69. The quantitative estimate of drug-likeness (QED) is 0.645. The van der Waals surface area contributed by atoms with Gasteiger partial charge in [-0.2, -0.15) is 11.8 Å². The highest BCUT2D eigenvalue weighted by molar-refractivity contribution is 8.00. The Morgan fingerprint density at radius 2 is 2.33 bits per heavy atom. The van der Waals surface area contributed by atoms with Crippen molar-refractivity contribution in [2.45, 2.75) is 32.4 Å². The number of rotatable bonds is 3. The van der Waals surface area contributed by atoms with Gasteiger partial charge in [0.2, 0.25) is 0 Å². The third kappa shape index (κ3) is 2.18. The van der Waals surface area contributed by atoms with Gasteiger partial charge in [0, 0.05) is 23.6 Å². The Hall–Kier alpha value is 0.310. The molecule has 1 heterocycles. The second kappa shape index (κ2) is 3.47. The Kier molecular flexibility index (Phi) is 2.86. The number of hydrogen-bond acceptors (Lipinski definition) is 2. The van der Waals surface area contributed by atoms with Crippen molar-refractivity contribution in [3.63, 3.8) is 0 Å². The SMILES string of the molecule is CCC(C)NC1CSC1. The molecular formula is C7H15NS. The van der Waals surface area contributed by atoms with Gasteiger partial charge in [0.05, 0.1) is 0 Å². The Labute approximate surface area is 61.6 Å². The minimum Gasteiger partial charge on any atom is -0.310 e. The maximum absolute atomic E-state index is 3.55. The van der Waals surface area contributed by atoms with Gasteiger partial charge >= 0.3 is 0 Å². The summed E-state index contributed by atoms with van der Waals surface area (Å²) in [6, 6.07) is 1.54. The van der Waals surface area contributed by atoms with Crippen LogP contribution in [-0.2, 0) is 0 Å². The van der Waals surface area contributed by atoms with E-state index in [0.29, 0.717) is 0 Å². The van der Waals surface area contributed by atoms with Crippen LogP contribution in [0.4, 0.5) is 0 Å². The average Bonchev–Trinajstić information content (AvgIpc) is 1.78. The Morgan fingerprint density at radius 3 is 2.67 bits per heavy atom. The van der Waals surface area contributed by atoms with Crippen LogP contribution in [0.25, 0.3) is 0 Å². The van der Waals surface area contributed by atoms with Crippen molar-refractivity contribution in [2.75, 3.05) is 11.5 Å². The molecule has 0 aromatic rings. The van der Waals surface area contributed by atoms with E-state index in [2.05, 4.69) is 19.2 Å². The zero-order valence-corrected chi connectivity index (χ0v) is 7.00. The van der Waals surface area contributed by atoms with Crippen LogP contribution in [0.5, 0.6) is 0 Å². The van der Waals surface area contributed by atoms with Crippen LogP contribution in [-0.4, -0.2) is 23.6 Å². The summed E-state index contributed by atoms with van der Waals surface area (Å²) in [6.07, 6.45) is 1.25. The molecule has 1 aliphatic rings. The highest BCUT2D eigenvalue weighted by atomic mass is 32.2. The van der Waals surface area contributed by atoms with Crippen molar-refractivity contribution in [3.05, 3.63) is 0 Å².